The first-order valence-electron chi connectivity index (χ1n) is 4.27. The molecule has 0 bridgehead atoms. The van der Waals surface area contributed by atoms with Gasteiger partial charge in [0.15, 0.2) is 0 Å². The number of benzene rings is 1. The monoisotopic (exact) mass is 233 g/mol. The first-order valence-corrected chi connectivity index (χ1v) is 4.65. The summed E-state index contributed by atoms with van der Waals surface area (Å²) in [6.45, 7) is 0. The molecule has 16 heavy (non-hydrogen) atoms. The van der Waals surface area contributed by atoms with Crippen LogP contribution in [0.2, 0.25) is 5.15 Å². The fourth-order valence-electron chi connectivity index (χ4n) is 1.47. The summed E-state index contributed by atoms with van der Waals surface area (Å²) in [6.07, 6.45) is 0. The number of fused-ring (bicyclic) bond motifs is 1. The average molecular weight is 234 g/mol. The van der Waals surface area contributed by atoms with Gasteiger partial charge in [-0.25, -0.2) is 4.98 Å². The molecule has 0 fully saturated rings. The van der Waals surface area contributed by atoms with Gasteiger partial charge in [-0.1, -0.05) is 23.7 Å². The molecular formula is C10H4ClN3O2. The summed E-state index contributed by atoms with van der Waals surface area (Å²) in [5.74, 6) is 0. The number of nitrogens with zero attached hydrogens (tertiary/aromatic N) is 3. The second-order valence-electron chi connectivity index (χ2n) is 3.03. The van der Waals surface area contributed by atoms with Gasteiger partial charge in [-0.15, -0.1) is 0 Å². The number of hydrogen-bond donors (Lipinski definition) is 0. The maximum absolute atomic E-state index is 10.8. The minimum absolute atomic E-state index is 0.0679. The van der Waals surface area contributed by atoms with E-state index < -0.39 is 4.92 Å². The predicted molar refractivity (Wildman–Crippen MR) is 58.1 cm³/mol. The van der Waals surface area contributed by atoms with Crippen LogP contribution in [0.4, 0.5) is 5.69 Å². The van der Waals surface area contributed by atoms with Crippen molar-refractivity contribution in [1.29, 1.82) is 5.26 Å². The Morgan fingerprint density at radius 1 is 1.44 bits per heavy atom. The van der Waals surface area contributed by atoms with Gasteiger partial charge < -0.3 is 0 Å². The maximum Gasteiger partial charge on any atom is 0.277 e. The molecule has 1 aromatic heterocycles. The van der Waals surface area contributed by atoms with Crippen molar-refractivity contribution in [1.82, 2.24) is 4.98 Å². The molecule has 0 spiro atoms. The van der Waals surface area contributed by atoms with Gasteiger partial charge >= 0.3 is 0 Å². The van der Waals surface area contributed by atoms with E-state index in [1.165, 1.54) is 18.2 Å². The minimum Gasteiger partial charge on any atom is -0.258 e. The topological polar surface area (TPSA) is 79.8 Å². The third kappa shape index (κ3) is 1.55. The highest BCUT2D eigenvalue weighted by Gasteiger charge is 2.14. The quantitative estimate of drug-likeness (QED) is 0.431. The van der Waals surface area contributed by atoms with E-state index in [0.29, 0.717) is 10.8 Å². The molecule has 2 rings (SSSR count). The lowest BCUT2D eigenvalue weighted by Crippen LogP contribution is -1.92. The Balaban J connectivity index is 2.94. The van der Waals surface area contributed by atoms with Crippen LogP contribution in [0.3, 0.4) is 0 Å². The average Bonchev–Trinajstić information content (AvgIpc) is 2.26. The van der Waals surface area contributed by atoms with Gasteiger partial charge in [0.1, 0.15) is 16.9 Å². The van der Waals surface area contributed by atoms with Gasteiger partial charge in [0.05, 0.1) is 10.3 Å². The summed E-state index contributed by atoms with van der Waals surface area (Å²) in [7, 11) is 0. The Kier molecular flexibility index (Phi) is 2.43. The second kappa shape index (κ2) is 3.76. The fraction of sp³-hybridized carbons (Fsp3) is 0. The number of pyridine rings is 1. The van der Waals surface area contributed by atoms with Crippen LogP contribution in [-0.2, 0) is 0 Å². The zero-order chi connectivity index (χ0) is 11.7. The van der Waals surface area contributed by atoms with Crippen molar-refractivity contribution in [3.05, 3.63) is 45.2 Å². The van der Waals surface area contributed by atoms with Crippen molar-refractivity contribution in [2.45, 2.75) is 0 Å². The lowest BCUT2D eigenvalue weighted by Gasteiger charge is -2.01. The highest BCUT2D eigenvalue weighted by Crippen LogP contribution is 2.28. The van der Waals surface area contributed by atoms with Gasteiger partial charge in [-0.3, -0.25) is 10.1 Å². The minimum atomic E-state index is -0.514. The standard InChI is InChI=1S/C10H4ClN3O2/c11-10-4-7-6(8(5-12)13-10)2-1-3-9(7)14(15)16/h1-4H. The Morgan fingerprint density at radius 3 is 2.81 bits per heavy atom. The largest absolute Gasteiger partial charge is 0.277 e. The number of nitro benzene ring substituents is 1. The number of rotatable bonds is 1. The van der Waals surface area contributed by atoms with Crippen molar-refractivity contribution in [2.24, 2.45) is 0 Å². The van der Waals surface area contributed by atoms with Crippen molar-refractivity contribution < 1.29 is 4.92 Å². The lowest BCUT2D eigenvalue weighted by atomic mass is 10.1. The maximum atomic E-state index is 10.8. The fourth-order valence-corrected chi connectivity index (χ4v) is 1.67. The van der Waals surface area contributed by atoms with Gasteiger partial charge in [0.2, 0.25) is 0 Å². The van der Waals surface area contributed by atoms with Crippen LogP contribution in [0, 0.1) is 21.4 Å². The highest BCUT2D eigenvalue weighted by molar-refractivity contribution is 6.30. The molecule has 0 aliphatic rings. The lowest BCUT2D eigenvalue weighted by molar-refractivity contribution is -0.383. The number of nitriles is 1. The van der Waals surface area contributed by atoms with E-state index in [1.54, 1.807) is 6.07 Å². The third-order valence-electron chi connectivity index (χ3n) is 2.12. The van der Waals surface area contributed by atoms with E-state index in [1.807, 2.05) is 6.07 Å². The molecule has 0 N–H and O–H groups in total. The summed E-state index contributed by atoms with van der Waals surface area (Å²) in [6, 6.07) is 7.72. The van der Waals surface area contributed by atoms with E-state index >= 15 is 0 Å². The first kappa shape index (κ1) is 10.3. The Hall–Kier alpha value is -2.19. The molecule has 0 saturated heterocycles. The number of non-ortho nitro benzene ring substituents is 1. The van der Waals surface area contributed by atoms with Gasteiger partial charge in [0, 0.05) is 11.5 Å². The van der Waals surface area contributed by atoms with Crippen molar-refractivity contribution in [3.63, 3.8) is 0 Å². The third-order valence-corrected chi connectivity index (χ3v) is 2.32. The number of aromatic nitrogens is 1. The Morgan fingerprint density at radius 2 is 2.19 bits per heavy atom. The second-order valence-corrected chi connectivity index (χ2v) is 3.42. The number of halogens is 1. The van der Waals surface area contributed by atoms with Crippen LogP contribution < -0.4 is 0 Å². The molecule has 1 heterocycles. The summed E-state index contributed by atoms with van der Waals surface area (Å²) < 4.78 is 0. The normalized spacial score (nSPS) is 10.0. The summed E-state index contributed by atoms with van der Waals surface area (Å²) in [5, 5.41) is 20.5. The van der Waals surface area contributed by atoms with Gasteiger partial charge in [0.25, 0.3) is 5.69 Å². The van der Waals surface area contributed by atoms with Crippen LogP contribution in [0.25, 0.3) is 10.8 Å². The molecule has 0 aliphatic carbocycles. The smallest absolute Gasteiger partial charge is 0.258 e. The van der Waals surface area contributed by atoms with E-state index in [4.69, 9.17) is 16.9 Å². The summed E-state index contributed by atoms with van der Waals surface area (Å²) in [5.41, 5.74) is 0.00417. The molecule has 6 heteroatoms. The molecule has 5 nitrogen and oxygen atoms in total. The van der Waals surface area contributed by atoms with Gasteiger partial charge in [-0.2, -0.15) is 5.26 Å². The van der Waals surface area contributed by atoms with Crippen LogP contribution in [0.1, 0.15) is 5.69 Å². The van der Waals surface area contributed by atoms with Crippen molar-refractivity contribution >= 4 is 28.1 Å². The molecular weight excluding hydrogens is 230 g/mol. The van der Waals surface area contributed by atoms with Crippen molar-refractivity contribution in [2.75, 3.05) is 0 Å². The molecule has 1 aromatic carbocycles. The summed E-state index contributed by atoms with van der Waals surface area (Å²) in [4.78, 5) is 14.1. The molecule has 0 radical (unpaired) electrons. The van der Waals surface area contributed by atoms with Gasteiger partial charge in [-0.05, 0) is 6.07 Å². The number of hydrogen-bond acceptors (Lipinski definition) is 4. The zero-order valence-electron chi connectivity index (χ0n) is 7.85. The Labute approximate surface area is 95.0 Å². The van der Waals surface area contributed by atoms with E-state index in [-0.39, 0.29) is 16.5 Å². The molecule has 0 unspecified atom stereocenters. The van der Waals surface area contributed by atoms with Crippen LogP contribution >= 0.6 is 11.6 Å². The number of nitro groups is 1. The SMILES string of the molecule is N#Cc1nc(Cl)cc2c([N+](=O)[O-])cccc12. The van der Waals surface area contributed by atoms with E-state index in [9.17, 15) is 10.1 Å². The summed E-state index contributed by atoms with van der Waals surface area (Å²) >= 11 is 5.69. The molecule has 0 amide bonds. The highest BCUT2D eigenvalue weighted by atomic mass is 35.5. The van der Waals surface area contributed by atoms with E-state index in [0.717, 1.165) is 0 Å². The Bertz CT molecular complexity index is 634. The van der Waals surface area contributed by atoms with Crippen LogP contribution in [-0.4, -0.2) is 9.91 Å². The van der Waals surface area contributed by atoms with Crippen LogP contribution in [0.15, 0.2) is 24.3 Å². The van der Waals surface area contributed by atoms with Crippen LogP contribution in [0.5, 0.6) is 0 Å². The first-order chi connectivity index (χ1) is 7.63. The molecule has 2 aromatic rings. The molecule has 0 aliphatic heterocycles. The zero-order valence-corrected chi connectivity index (χ0v) is 8.60. The van der Waals surface area contributed by atoms with E-state index in [2.05, 4.69) is 4.98 Å². The molecule has 78 valence electrons. The van der Waals surface area contributed by atoms with Crippen molar-refractivity contribution in [3.8, 4) is 6.07 Å². The molecule has 0 saturated carbocycles. The predicted octanol–water partition coefficient (Wildman–Crippen LogP) is 2.67. The molecule has 0 atom stereocenters.